The van der Waals surface area contributed by atoms with Gasteiger partial charge in [-0.1, -0.05) is 37.6 Å². The van der Waals surface area contributed by atoms with E-state index in [1.165, 1.54) is 25.0 Å². The summed E-state index contributed by atoms with van der Waals surface area (Å²) >= 11 is 1.56. The second-order valence-corrected chi connectivity index (χ2v) is 14.3. The Kier molecular flexibility index (Phi) is 10.3. The second kappa shape index (κ2) is 14.8. The van der Waals surface area contributed by atoms with Crippen LogP contribution in [0.4, 0.5) is 0 Å². The highest BCUT2D eigenvalue weighted by Crippen LogP contribution is 2.44. The molecule has 248 valence electrons. The molecule has 2 aliphatic rings. The highest BCUT2D eigenvalue weighted by atomic mass is 32.2. The SMILES string of the molecule is CCCc1c(OCCCOc2ccc(-c3cscn3)c(OC)c2CC2CC2)ccc2c1OC(C(=O)NS(=O)(=O)c1ccccc1)CC2. The van der Waals surface area contributed by atoms with Crippen LogP contribution in [0.2, 0.25) is 0 Å². The fourth-order valence-corrected chi connectivity index (χ4v) is 7.49. The molecule has 9 nitrogen and oxygen atoms in total. The average molecular weight is 677 g/mol. The van der Waals surface area contributed by atoms with Gasteiger partial charge >= 0.3 is 0 Å². The Balaban J connectivity index is 1.09. The third kappa shape index (κ3) is 7.73. The highest BCUT2D eigenvalue weighted by molar-refractivity contribution is 7.90. The second-order valence-electron chi connectivity index (χ2n) is 11.9. The van der Waals surface area contributed by atoms with Crippen LogP contribution in [0.1, 0.15) is 55.7 Å². The number of hydrogen-bond donors (Lipinski definition) is 1. The third-order valence-electron chi connectivity index (χ3n) is 8.44. The molecule has 1 aliphatic heterocycles. The number of methoxy groups -OCH3 is 1. The molecule has 1 aliphatic carbocycles. The number of rotatable bonds is 15. The first-order valence-corrected chi connectivity index (χ1v) is 18.6. The molecule has 0 bridgehead atoms. The van der Waals surface area contributed by atoms with E-state index >= 15 is 0 Å². The molecule has 2 heterocycles. The van der Waals surface area contributed by atoms with E-state index in [1.807, 2.05) is 35.2 Å². The van der Waals surface area contributed by atoms with Crippen LogP contribution in [0.15, 0.2) is 70.4 Å². The molecule has 4 aromatic rings. The normalized spacial score (nSPS) is 15.7. The van der Waals surface area contributed by atoms with E-state index in [0.29, 0.717) is 56.3 Å². The van der Waals surface area contributed by atoms with Gasteiger partial charge in [-0.3, -0.25) is 4.79 Å². The molecule has 11 heteroatoms. The summed E-state index contributed by atoms with van der Waals surface area (Å²) in [4.78, 5) is 17.6. The number of nitrogens with one attached hydrogen (secondary N) is 1. The lowest BCUT2D eigenvalue weighted by molar-refractivity contribution is -0.126. The Bertz CT molecular complexity index is 1790. The van der Waals surface area contributed by atoms with Crippen molar-refractivity contribution in [2.75, 3.05) is 20.3 Å². The summed E-state index contributed by atoms with van der Waals surface area (Å²) in [5.74, 6) is 2.96. The molecule has 0 radical (unpaired) electrons. The van der Waals surface area contributed by atoms with Crippen molar-refractivity contribution >= 4 is 27.3 Å². The number of benzene rings is 3. The zero-order valence-electron chi connectivity index (χ0n) is 26.7. The van der Waals surface area contributed by atoms with E-state index < -0.39 is 22.0 Å². The number of hydrogen-bond acceptors (Lipinski definition) is 9. The molecular weight excluding hydrogens is 637 g/mol. The lowest BCUT2D eigenvalue weighted by atomic mass is 9.96. The Morgan fingerprint density at radius 1 is 1.00 bits per heavy atom. The van der Waals surface area contributed by atoms with Gasteiger partial charge in [-0.2, -0.15) is 0 Å². The number of sulfonamides is 1. The average Bonchev–Trinajstić information content (AvgIpc) is 3.74. The van der Waals surface area contributed by atoms with Gasteiger partial charge in [0.05, 0.1) is 36.4 Å². The predicted molar refractivity (Wildman–Crippen MR) is 181 cm³/mol. The highest BCUT2D eigenvalue weighted by Gasteiger charge is 2.32. The first-order chi connectivity index (χ1) is 22.9. The summed E-state index contributed by atoms with van der Waals surface area (Å²) in [6.07, 6.45) is 5.61. The molecule has 47 heavy (non-hydrogen) atoms. The van der Waals surface area contributed by atoms with Gasteiger partial charge in [0.15, 0.2) is 6.10 Å². The standard InChI is InChI=1S/C36H40N2O7S2/c1-3-8-28-31(16-13-25-14-17-33(45-34(25)28)36(39)38-47(40,41)26-9-5-4-6-10-26)43-19-7-20-44-32-18-15-27(30-22-46-23-37-30)35(42-2)29(32)21-24-11-12-24/h4-6,9-10,13,15-16,18,22-24,33H,3,7-8,11-12,14,17,19-21H2,1-2H3,(H,38,39). The molecule has 3 aromatic carbocycles. The minimum absolute atomic E-state index is 0.0295. The van der Waals surface area contributed by atoms with Gasteiger partial charge in [0.1, 0.15) is 23.0 Å². The van der Waals surface area contributed by atoms with Crippen molar-refractivity contribution in [3.63, 3.8) is 0 Å². The minimum Gasteiger partial charge on any atom is -0.496 e. The smallest absolute Gasteiger partial charge is 0.274 e. The molecule has 6 rings (SSSR count). The summed E-state index contributed by atoms with van der Waals surface area (Å²) in [5, 5.41) is 2.03. The van der Waals surface area contributed by atoms with E-state index in [4.69, 9.17) is 18.9 Å². The van der Waals surface area contributed by atoms with E-state index in [-0.39, 0.29) is 4.90 Å². The van der Waals surface area contributed by atoms with Gasteiger partial charge in [0.25, 0.3) is 15.9 Å². The predicted octanol–water partition coefficient (Wildman–Crippen LogP) is 6.77. The van der Waals surface area contributed by atoms with Crippen molar-refractivity contribution in [3.05, 3.63) is 82.2 Å². The van der Waals surface area contributed by atoms with Crippen LogP contribution in [0.25, 0.3) is 11.3 Å². The van der Waals surface area contributed by atoms with Gasteiger partial charge in [-0.05, 0) is 80.3 Å². The Hall–Kier alpha value is -4.09. The van der Waals surface area contributed by atoms with Crippen molar-refractivity contribution in [1.82, 2.24) is 9.71 Å². The molecule has 1 N–H and O–H groups in total. The molecule has 1 amide bonds. The number of carbonyl (C=O) groups excluding carboxylic acids is 1. The number of ether oxygens (including phenoxy) is 4. The summed E-state index contributed by atoms with van der Waals surface area (Å²) in [6, 6.07) is 15.8. The van der Waals surface area contributed by atoms with Gasteiger partial charge in [0, 0.05) is 28.5 Å². The monoisotopic (exact) mass is 676 g/mol. The van der Waals surface area contributed by atoms with Crippen molar-refractivity contribution < 1.29 is 32.2 Å². The number of fused-ring (bicyclic) bond motifs is 1. The molecule has 1 saturated carbocycles. The summed E-state index contributed by atoms with van der Waals surface area (Å²) in [5.41, 5.74) is 6.69. The number of aromatic nitrogens is 1. The van der Waals surface area contributed by atoms with Crippen molar-refractivity contribution in [2.45, 2.75) is 69.3 Å². The molecular formula is C36H40N2O7S2. The molecule has 0 spiro atoms. The number of nitrogens with zero attached hydrogens (tertiary/aromatic N) is 1. The molecule has 1 aromatic heterocycles. The Labute approximate surface area is 280 Å². The zero-order chi connectivity index (χ0) is 32.8. The zero-order valence-corrected chi connectivity index (χ0v) is 28.3. The fraction of sp³-hybridized carbons (Fsp3) is 0.389. The lowest BCUT2D eigenvalue weighted by Gasteiger charge is -2.28. The maximum absolute atomic E-state index is 13.0. The summed E-state index contributed by atoms with van der Waals surface area (Å²) in [6.45, 7) is 2.98. The molecule has 0 saturated heterocycles. The first-order valence-electron chi connectivity index (χ1n) is 16.1. The number of carbonyl (C=O) groups is 1. The van der Waals surface area contributed by atoms with Crippen LogP contribution >= 0.6 is 11.3 Å². The largest absolute Gasteiger partial charge is 0.496 e. The van der Waals surface area contributed by atoms with Crippen LogP contribution < -0.4 is 23.7 Å². The fourth-order valence-electron chi connectivity index (χ4n) is 5.91. The maximum atomic E-state index is 13.0. The first kappa shape index (κ1) is 32.8. The van der Waals surface area contributed by atoms with Crippen LogP contribution in [-0.2, 0) is 34.1 Å². The van der Waals surface area contributed by atoms with Crippen molar-refractivity contribution in [2.24, 2.45) is 5.92 Å². The number of thiazole rings is 1. The Morgan fingerprint density at radius 2 is 1.74 bits per heavy atom. The topological polar surface area (TPSA) is 113 Å². The van der Waals surface area contributed by atoms with E-state index in [2.05, 4.69) is 16.6 Å². The van der Waals surface area contributed by atoms with Gasteiger partial charge in [0.2, 0.25) is 0 Å². The summed E-state index contributed by atoms with van der Waals surface area (Å²) < 4.78 is 52.3. The van der Waals surface area contributed by atoms with Gasteiger partial charge < -0.3 is 18.9 Å². The van der Waals surface area contributed by atoms with Gasteiger partial charge in [-0.25, -0.2) is 18.1 Å². The van der Waals surface area contributed by atoms with Crippen molar-refractivity contribution in [1.29, 1.82) is 0 Å². The van der Waals surface area contributed by atoms with Gasteiger partial charge in [-0.15, -0.1) is 11.3 Å². The number of aryl methyl sites for hydroxylation is 1. The quantitative estimate of drug-likeness (QED) is 0.137. The Morgan fingerprint density at radius 3 is 2.43 bits per heavy atom. The minimum atomic E-state index is -4.00. The number of amides is 1. The lowest BCUT2D eigenvalue weighted by Crippen LogP contribution is -2.43. The van der Waals surface area contributed by atoms with Crippen LogP contribution in [-0.4, -0.2) is 45.7 Å². The molecule has 1 atom stereocenters. The van der Waals surface area contributed by atoms with Crippen LogP contribution in [0, 0.1) is 5.92 Å². The van der Waals surface area contributed by atoms with Crippen LogP contribution in [0.3, 0.4) is 0 Å². The maximum Gasteiger partial charge on any atom is 0.274 e. The molecule has 1 unspecified atom stereocenters. The van der Waals surface area contributed by atoms with E-state index in [1.54, 1.807) is 36.6 Å². The van der Waals surface area contributed by atoms with E-state index in [9.17, 15) is 13.2 Å². The van der Waals surface area contributed by atoms with Crippen molar-refractivity contribution in [3.8, 4) is 34.3 Å². The summed E-state index contributed by atoms with van der Waals surface area (Å²) in [7, 11) is -2.30. The van der Waals surface area contributed by atoms with E-state index in [0.717, 1.165) is 52.3 Å². The molecule has 1 fully saturated rings. The third-order valence-corrected chi connectivity index (χ3v) is 10.4. The van der Waals surface area contributed by atoms with Crippen LogP contribution in [0.5, 0.6) is 23.0 Å².